The van der Waals surface area contributed by atoms with Crippen molar-refractivity contribution in [2.24, 2.45) is 11.7 Å². The molecule has 0 radical (unpaired) electrons. The van der Waals surface area contributed by atoms with Gasteiger partial charge in [0.15, 0.2) is 17.3 Å². The number of nitrogens with zero attached hydrogens (tertiary/aromatic N) is 2. The first-order chi connectivity index (χ1) is 15.6. The standard InChI is InChI=1S/C22H19ClF2N4O4/c1-11(2)10-33-22(32)18-9-19(27-21(31)14-7-16(24)17(25)8-15(14)23)29(28-18)13-5-3-12(4-6-13)20(26)30/h3-9,11H,10H2,1-2H3,(H2,26,30)(H,27,31). The van der Waals surface area contributed by atoms with Gasteiger partial charge in [0.2, 0.25) is 5.91 Å². The van der Waals surface area contributed by atoms with Crippen LogP contribution in [0.5, 0.6) is 0 Å². The Bertz CT molecular complexity index is 1230. The number of esters is 1. The molecule has 0 unspecified atom stereocenters. The van der Waals surface area contributed by atoms with Crippen LogP contribution in [0.15, 0.2) is 42.5 Å². The molecule has 172 valence electrons. The van der Waals surface area contributed by atoms with Crippen LogP contribution in [0.3, 0.4) is 0 Å². The molecule has 0 aliphatic rings. The lowest BCUT2D eigenvalue weighted by atomic mass is 10.2. The number of hydrogen-bond acceptors (Lipinski definition) is 5. The summed E-state index contributed by atoms with van der Waals surface area (Å²) in [4.78, 5) is 36.4. The van der Waals surface area contributed by atoms with E-state index in [1.807, 2.05) is 13.8 Å². The maximum Gasteiger partial charge on any atom is 0.358 e. The number of amides is 2. The predicted molar refractivity (Wildman–Crippen MR) is 117 cm³/mol. The van der Waals surface area contributed by atoms with Crippen molar-refractivity contribution in [3.63, 3.8) is 0 Å². The Morgan fingerprint density at radius 3 is 2.36 bits per heavy atom. The quantitative estimate of drug-likeness (QED) is 0.395. The zero-order valence-electron chi connectivity index (χ0n) is 17.6. The summed E-state index contributed by atoms with van der Waals surface area (Å²) in [5.74, 6) is -4.57. The number of hydrogen-bond donors (Lipinski definition) is 2. The number of carbonyl (C=O) groups is 3. The van der Waals surface area contributed by atoms with Gasteiger partial charge in [0, 0.05) is 11.6 Å². The average molecular weight is 477 g/mol. The maximum atomic E-state index is 13.6. The fourth-order valence-corrected chi connectivity index (χ4v) is 2.97. The first-order valence-corrected chi connectivity index (χ1v) is 10.1. The maximum absolute atomic E-state index is 13.6. The van der Waals surface area contributed by atoms with Gasteiger partial charge in [-0.3, -0.25) is 9.59 Å². The summed E-state index contributed by atoms with van der Waals surface area (Å²) in [5, 5.41) is 6.35. The molecule has 0 spiro atoms. The Kier molecular flexibility index (Phi) is 7.07. The Morgan fingerprint density at radius 2 is 1.76 bits per heavy atom. The van der Waals surface area contributed by atoms with Crippen molar-refractivity contribution in [1.82, 2.24) is 9.78 Å². The van der Waals surface area contributed by atoms with Crippen LogP contribution in [0.2, 0.25) is 5.02 Å². The molecule has 8 nitrogen and oxygen atoms in total. The summed E-state index contributed by atoms with van der Waals surface area (Å²) in [7, 11) is 0. The Hall–Kier alpha value is -3.79. The van der Waals surface area contributed by atoms with Gasteiger partial charge in [-0.25, -0.2) is 18.3 Å². The zero-order chi connectivity index (χ0) is 24.3. The van der Waals surface area contributed by atoms with Crippen molar-refractivity contribution in [1.29, 1.82) is 0 Å². The van der Waals surface area contributed by atoms with Crippen LogP contribution in [0, 0.1) is 17.6 Å². The molecule has 0 bridgehead atoms. The number of rotatable bonds is 7. The second kappa shape index (κ2) is 9.78. The Balaban J connectivity index is 1.99. The van der Waals surface area contributed by atoms with Crippen LogP contribution in [0.4, 0.5) is 14.6 Å². The van der Waals surface area contributed by atoms with Gasteiger partial charge in [0.25, 0.3) is 5.91 Å². The molecule has 33 heavy (non-hydrogen) atoms. The summed E-state index contributed by atoms with van der Waals surface area (Å²) < 4.78 is 33.4. The molecule has 0 fully saturated rings. The molecule has 1 heterocycles. The van der Waals surface area contributed by atoms with E-state index in [-0.39, 0.29) is 40.2 Å². The zero-order valence-corrected chi connectivity index (χ0v) is 18.3. The van der Waals surface area contributed by atoms with Crippen molar-refractivity contribution in [2.75, 3.05) is 11.9 Å². The number of benzene rings is 2. The second-order valence-electron chi connectivity index (χ2n) is 7.43. The molecule has 2 amide bonds. The van der Waals surface area contributed by atoms with Crippen molar-refractivity contribution < 1.29 is 27.9 Å². The van der Waals surface area contributed by atoms with E-state index in [9.17, 15) is 23.2 Å². The highest BCUT2D eigenvalue weighted by atomic mass is 35.5. The van der Waals surface area contributed by atoms with E-state index in [0.717, 1.165) is 0 Å². The molecular formula is C22H19ClF2N4O4. The second-order valence-corrected chi connectivity index (χ2v) is 7.84. The number of carbonyl (C=O) groups excluding carboxylic acids is 3. The minimum absolute atomic E-state index is 0.0177. The van der Waals surface area contributed by atoms with E-state index in [4.69, 9.17) is 22.1 Å². The number of anilines is 1. The van der Waals surface area contributed by atoms with Crippen LogP contribution in [-0.4, -0.2) is 34.2 Å². The lowest BCUT2D eigenvalue weighted by Crippen LogP contribution is -2.16. The molecule has 3 rings (SSSR count). The third kappa shape index (κ3) is 5.53. The average Bonchev–Trinajstić information content (AvgIpc) is 3.18. The van der Waals surface area contributed by atoms with Gasteiger partial charge in [0.05, 0.1) is 22.9 Å². The molecule has 2 aromatic carbocycles. The third-order valence-electron chi connectivity index (χ3n) is 4.36. The van der Waals surface area contributed by atoms with Crippen LogP contribution in [0.1, 0.15) is 45.1 Å². The van der Waals surface area contributed by atoms with Crippen molar-refractivity contribution in [3.8, 4) is 5.69 Å². The number of nitrogens with two attached hydrogens (primary N) is 1. The molecule has 1 aromatic heterocycles. The van der Waals surface area contributed by atoms with Crippen LogP contribution >= 0.6 is 11.6 Å². The highest BCUT2D eigenvalue weighted by Gasteiger charge is 2.21. The van der Waals surface area contributed by atoms with Crippen LogP contribution in [0.25, 0.3) is 5.69 Å². The molecule has 11 heteroatoms. The van der Waals surface area contributed by atoms with Crippen molar-refractivity contribution >= 4 is 35.2 Å². The van der Waals surface area contributed by atoms with E-state index in [2.05, 4.69) is 10.4 Å². The largest absolute Gasteiger partial charge is 0.461 e. The summed E-state index contributed by atoms with van der Waals surface area (Å²) in [6.07, 6.45) is 0. The van der Waals surface area contributed by atoms with Crippen LogP contribution < -0.4 is 11.1 Å². The molecule has 0 aliphatic heterocycles. The third-order valence-corrected chi connectivity index (χ3v) is 4.67. The highest BCUT2D eigenvalue weighted by molar-refractivity contribution is 6.34. The predicted octanol–water partition coefficient (Wildman–Crippen LogP) is 3.97. The highest BCUT2D eigenvalue weighted by Crippen LogP contribution is 2.24. The number of aromatic nitrogens is 2. The summed E-state index contributed by atoms with van der Waals surface area (Å²) in [6.45, 7) is 3.89. The molecule has 3 aromatic rings. The molecule has 0 aliphatic carbocycles. The van der Waals surface area contributed by atoms with E-state index < -0.39 is 29.4 Å². The normalized spacial score (nSPS) is 10.8. The van der Waals surface area contributed by atoms with E-state index in [1.54, 1.807) is 0 Å². The first-order valence-electron chi connectivity index (χ1n) is 9.70. The topological polar surface area (TPSA) is 116 Å². The number of ether oxygens (including phenoxy) is 1. The van der Waals surface area contributed by atoms with Gasteiger partial charge in [-0.1, -0.05) is 25.4 Å². The molecule has 3 N–H and O–H groups in total. The van der Waals surface area contributed by atoms with Crippen molar-refractivity contribution in [3.05, 3.63) is 75.9 Å². The molecule has 0 saturated heterocycles. The number of primary amides is 1. The Labute approximate surface area is 192 Å². The SMILES string of the molecule is CC(C)COC(=O)c1cc(NC(=O)c2cc(F)c(F)cc2Cl)n(-c2ccc(C(N)=O)cc2)n1. The number of nitrogens with one attached hydrogen (secondary N) is 1. The van der Waals surface area contributed by atoms with Crippen LogP contribution in [-0.2, 0) is 4.74 Å². The molecular weight excluding hydrogens is 458 g/mol. The number of halogens is 3. The summed E-state index contributed by atoms with van der Waals surface area (Å²) in [5.41, 5.74) is 5.43. The fraction of sp³-hybridized carbons (Fsp3) is 0.182. The lowest BCUT2D eigenvalue weighted by molar-refractivity contribution is 0.0451. The van der Waals surface area contributed by atoms with Gasteiger partial charge in [-0.2, -0.15) is 5.10 Å². The van der Waals surface area contributed by atoms with Gasteiger partial charge >= 0.3 is 5.97 Å². The van der Waals surface area contributed by atoms with E-state index >= 15 is 0 Å². The lowest BCUT2D eigenvalue weighted by Gasteiger charge is -2.10. The molecule has 0 saturated carbocycles. The minimum Gasteiger partial charge on any atom is -0.461 e. The minimum atomic E-state index is -1.25. The van der Waals surface area contributed by atoms with Gasteiger partial charge in [-0.05, 0) is 42.3 Å². The van der Waals surface area contributed by atoms with E-state index in [0.29, 0.717) is 17.8 Å². The Morgan fingerprint density at radius 1 is 1.12 bits per heavy atom. The summed E-state index contributed by atoms with van der Waals surface area (Å²) >= 11 is 5.89. The van der Waals surface area contributed by atoms with Gasteiger partial charge < -0.3 is 15.8 Å². The van der Waals surface area contributed by atoms with Gasteiger partial charge in [0.1, 0.15) is 5.82 Å². The fourth-order valence-electron chi connectivity index (χ4n) is 2.73. The van der Waals surface area contributed by atoms with Gasteiger partial charge in [-0.15, -0.1) is 0 Å². The monoisotopic (exact) mass is 476 g/mol. The summed E-state index contributed by atoms with van der Waals surface area (Å²) in [6, 6.07) is 8.47. The van der Waals surface area contributed by atoms with E-state index in [1.165, 1.54) is 35.0 Å². The first kappa shape index (κ1) is 23.9. The smallest absolute Gasteiger partial charge is 0.358 e. The molecule has 0 atom stereocenters. The van der Waals surface area contributed by atoms with Crippen molar-refractivity contribution in [2.45, 2.75) is 13.8 Å².